The highest BCUT2D eigenvalue weighted by Gasteiger charge is 2.44. The number of carbonyl (C=O) groups is 1. The van der Waals surface area contributed by atoms with Gasteiger partial charge in [0.15, 0.2) is 5.78 Å². The number of methoxy groups -OCH3 is 1. The van der Waals surface area contributed by atoms with Crippen molar-refractivity contribution in [3.63, 3.8) is 0 Å². The number of ether oxygens (including phenoxy) is 1. The van der Waals surface area contributed by atoms with Gasteiger partial charge in [0.2, 0.25) is 0 Å². The fraction of sp³-hybridized carbons (Fsp3) is 0.417. The van der Waals surface area contributed by atoms with Crippen LogP contribution in [0.25, 0.3) is 0 Å². The molecule has 0 aliphatic rings. The van der Waals surface area contributed by atoms with Gasteiger partial charge in [0.25, 0.3) is 0 Å². The molecule has 0 amide bonds. The maximum Gasteiger partial charge on any atom is 0.392 e. The summed E-state index contributed by atoms with van der Waals surface area (Å²) < 4.78 is 42.0. The number of hydrogen-bond acceptors (Lipinski definition) is 2. The van der Waals surface area contributed by atoms with Crippen molar-refractivity contribution in [1.82, 2.24) is 0 Å². The van der Waals surface area contributed by atoms with Crippen LogP contribution in [0.5, 0.6) is 0 Å². The second-order valence-corrected chi connectivity index (χ2v) is 4.50. The van der Waals surface area contributed by atoms with Gasteiger partial charge in [-0.05, 0) is 31.2 Å². The predicted molar refractivity (Wildman–Crippen MR) is 61.9 cm³/mol. The normalized spacial score (nSPS) is 15.2. The number of benzene rings is 1. The van der Waals surface area contributed by atoms with Crippen LogP contribution in [0.1, 0.15) is 23.7 Å². The Morgan fingerprint density at radius 3 is 2.17 bits per heavy atom. The summed E-state index contributed by atoms with van der Waals surface area (Å²) in [6.07, 6.45) is -5.81. The van der Waals surface area contributed by atoms with Gasteiger partial charge in [-0.25, -0.2) is 0 Å². The van der Waals surface area contributed by atoms with Gasteiger partial charge < -0.3 is 4.74 Å². The molecule has 0 radical (unpaired) electrons. The van der Waals surface area contributed by atoms with Gasteiger partial charge in [0, 0.05) is 17.7 Å². The average Bonchev–Trinajstić information content (AvgIpc) is 2.27. The minimum absolute atomic E-state index is 0.132. The summed E-state index contributed by atoms with van der Waals surface area (Å²) >= 11 is 5.65. The molecule has 0 N–H and O–H groups in total. The SMILES string of the molecule is COC(C)(CC(F)(F)F)C(=O)c1ccc(Cl)cc1. The first-order chi connectivity index (χ1) is 8.18. The van der Waals surface area contributed by atoms with Crippen molar-refractivity contribution in [3.05, 3.63) is 34.9 Å². The van der Waals surface area contributed by atoms with Gasteiger partial charge >= 0.3 is 6.18 Å². The lowest BCUT2D eigenvalue weighted by molar-refractivity contribution is -0.168. The van der Waals surface area contributed by atoms with Crippen LogP contribution in [-0.4, -0.2) is 24.7 Å². The highest BCUT2D eigenvalue weighted by Crippen LogP contribution is 2.32. The number of ketones is 1. The van der Waals surface area contributed by atoms with Gasteiger partial charge in [0.05, 0.1) is 6.42 Å². The van der Waals surface area contributed by atoms with Crippen LogP contribution in [0.15, 0.2) is 24.3 Å². The molecule has 0 saturated heterocycles. The van der Waals surface area contributed by atoms with E-state index >= 15 is 0 Å². The zero-order valence-electron chi connectivity index (χ0n) is 9.84. The van der Waals surface area contributed by atoms with E-state index in [0.29, 0.717) is 5.02 Å². The molecule has 1 atom stereocenters. The number of carbonyl (C=O) groups excluding carboxylic acids is 1. The fourth-order valence-electron chi connectivity index (χ4n) is 1.53. The standard InChI is InChI=1S/C12H12ClF3O2/c1-11(18-2,7-12(14,15)16)10(17)8-3-5-9(13)6-4-8/h3-6H,7H2,1-2H3. The van der Waals surface area contributed by atoms with Gasteiger partial charge in [-0.3, -0.25) is 4.79 Å². The topological polar surface area (TPSA) is 26.3 Å². The number of Topliss-reactive ketones (excluding diaryl/α,β-unsaturated/α-hetero) is 1. The molecule has 6 heteroatoms. The molecule has 1 aromatic rings. The molecule has 0 aliphatic carbocycles. The maximum absolute atomic E-state index is 12.4. The lowest BCUT2D eigenvalue weighted by atomic mass is 9.91. The van der Waals surface area contributed by atoms with Crippen molar-refractivity contribution in [2.45, 2.75) is 25.1 Å². The molecule has 100 valence electrons. The lowest BCUT2D eigenvalue weighted by Gasteiger charge is -2.27. The Kier molecular flexibility index (Phi) is 4.40. The second-order valence-electron chi connectivity index (χ2n) is 4.06. The third-order valence-electron chi connectivity index (χ3n) is 2.58. The van der Waals surface area contributed by atoms with Crippen LogP contribution >= 0.6 is 11.6 Å². The third-order valence-corrected chi connectivity index (χ3v) is 2.83. The summed E-state index contributed by atoms with van der Waals surface area (Å²) in [5, 5.41) is 0.404. The first-order valence-corrected chi connectivity index (χ1v) is 5.48. The number of rotatable bonds is 4. The van der Waals surface area contributed by atoms with Crippen molar-refractivity contribution in [1.29, 1.82) is 0 Å². The zero-order chi connectivity index (χ0) is 14.0. The molecule has 0 fully saturated rings. The quantitative estimate of drug-likeness (QED) is 0.783. The average molecular weight is 281 g/mol. The molecule has 1 rings (SSSR count). The zero-order valence-corrected chi connectivity index (χ0v) is 10.6. The molecule has 0 aliphatic heterocycles. The Morgan fingerprint density at radius 1 is 1.28 bits per heavy atom. The van der Waals surface area contributed by atoms with Gasteiger partial charge in [0.1, 0.15) is 5.60 Å². The molecule has 1 unspecified atom stereocenters. The molecular weight excluding hydrogens is 269 g/mol. The van der Waals surface area contributed by atoms with Gasteiger partial charge in [-0.1, -0.05) is 11.6 Å². The van der Waals surface area contributed by atoms with Crippen molar-refractivity contribution >= 4 is 17.4 Å². The highest BCUT2D eigenvalue weighted by atomic mass is 35.5. The summed E-state index contributed by atoms with van der Waals surface area (Å²) in [5.74, 6) is -0.723. The molecule has 0 spiro atoms. The summed E-state index contributed by atoms with van der Waals surface area (Å²) in [7, 11) is 1.08. The molecule has 0 bridgehead atoms. The minimum Gasteiger partial charge on any atom is -0.370 e. The number of halogens is 4. The molecule has 2 nitrogen and oxygen atoms in total. The van der Waals surface area contributed by atoms with Crippen molar-refractivity contribution in [2.24, 2.45) is 0 Å². The van der Waals surface area contributed by atoms with E-state index in [0.717, 1.165) is 14.0 Å². The molecule has 0 heterocycles. The molecule has 0 aromatic heterocycles. The van der Waals surface area contributed by atoms with E-state index in [-0.39, 0.29) is 5.56 Å². The Morgan fingerprint density at radius 2 is 1.78 bits per heavy atom. The number of hydrogen-bond donors (Lipinski definition) is 0. The predicted octanol–water partition coefficient (Wildman–Crippen LogP) is 3.88. The Balaban J connectivity index is 3.01. The molecular formula is C12H12ClF3O2. The van der Waals surface area contributed by atoms with E-state index in [4.69, 9.17) is 16.3 Å². The van der Waals surface area contributed by atoms with Crippen LogP contribution < -0.4 is 0 Å². The number of alkyl halides is 3. The summed E-state index contributed by atoms with van der Waals surface area (Å²) in [5.41, 5.74) is -1.79. The van der Waals surface area contributed by atoms with E-state index in [2.05, 4.69) is 0 Å². The van der Waals surface area contributed by atoms with Crippen molar-refractivity contribution in [2.75, 3.05) is 7.11 Å². The van der Waals surface area contributed by atoms with Crippen LogP contribution in [0.4, 0.5) is 13.2 Å². The molecule has 18 heavy (non-hydrogen) atoms. The fourth-order valence-corrected chi connectivity index (χ4v) is 1.66. The van der Waals surface area contributed by atoms with Crippen molar-refractivity contribution < 1.29 is 22.7 Å². The smallest absolute Gasteiger partial charge is 0.370 e. The van der Waals surface area contributed by atoms with E-state index in [1.54, 1.807) is 0 Å². The minimum atomic E-state index is -4.48. The van der Waals surface area contributed by atoms with E-state index < -0.39 is 24.0 Å². The second kappa shape index (κ2) is 5.28. The maximum atomic E-state index is 12.4. The largest absolute Gasteiger partial charge is 0.392 e. The van der Waals surface area contributed by atoms with Crippen LogP contribution in [0.2, 0.25) is 5.02 Å². The monoisotopic (exact) mass is 280 g/mol. The van der Waals surface area contributed by atoms with Crippen LogP contribution in [0.3, 0.4) is 0 Å². The van der Waals surface area contributed by atoms with Gasteiger partial charge in [-0.15, -0.1) is 0 Å². The van der Waals surface area contributed by atoms with Gasteiger partial charge in [-0.2, -0.15) is 13.2 Å². The first kappa shape index (κ1) is 15.0. The summed E-state index contributed by atoms with van der Waals surface area (Å²) in [4.78, 5) is 12.0. The molecule has 0 saturated carbocycles. The Labute approximate surface area is 108 Å². The van der Waals surface area contributed by atoms with E-state index in [9.17, 15) is 18.0 Å². The first-order valence-electron chi connectivity index (χ1n) is 5.10. The third kappa shape index (κ3) is 3.71. The van der Waals surface area contributed by atoms with E-state index in [1.807, 2.05) is 0 Å². The molecule has 1 aromatic carbocycles. The summed E-state index contributed by atoms with van der Waals surface area (Å²) in [6.45, 7) is 1.12. The van der Waals surface area contributed by atoms with E-state index in [1.165, 1.54) is 24.3 Å². The van der Waals surface area contributed by atoms with Crippen molar-refractivity contribution in [3.8, 4) is 0 Å². The Bertz CT molecular complexity index is 428. The van der Waals surface area contributed by atoms with Crippen LogP contribution in [-0.2, 0) is 4.74 Å². The summed E-state index contributed by atoms with van der Waals surface area (Å²) in [6, 6.07) is 5.63. The highest BCUT2D eigenvalue weighted by molar-refractivity contribution is 6.30. The van der Waals surface area contributed by atoms with Crippen LogP contribution in [0, 0.1) is 0 Å². The Hall–Kier alpha value is -1.07. The lowest BCUT2D eigenvalue weighted by Crippen LogP contribution is -2.41.